The Labute approximate surface area is 78.1 Å². The van der Waals surface area contributed by atoms with Crippen LogP contribution >= 0.6 is 0 Å². The molecular formula is C11H25N. The second-order valence-corrected chi connectivity index (χ2v) is 3.99. The van der Waals surface area contributed by atoms with Crippen molar-refractivity contribution in [3.8, 4) is 0 Å². The molecule has 1 nitrogen and oxygen atoms in total. The SMILES string of the molecule is CCCC(C)C(C)N(C)CCC. The summed E-state index contributed by atoms with van der Waals surface area (Å²) < 4.78 is 0. The van der Waals surface area contributed by atoms with Gasteiger partial charge in [0, 0.05) is 6.04 Å². The number of rotatable bonds is 6. The van der Waals surface area contributed by atoms with Crippen molar-refractivity contribution in [2.45, 2.75) is 53.0 Å². The summed E-state index contributed by atoms with van der Waals surface area (Å²) in [4.78, 5) is 2.47. The van der Waals surface area contributed by atoms with E-state index in [1.807, 2.05) is 0 Å². The molecule has 0 heterocycles. The average Bonchev–Trinajstić information content (AvgIpc) is 2.04. The number of hydrogen-bond donors (Lipinski definition) is 0. The summed E-state index contributed by atoms with van der Waals surface area (Å²) in [6, 6.07) is 0.741. The van der Waals surface area contributed by atoms with E-state index in [1.165, 1.54) is 25.8 Å². The quantitative estimate of drug-likeness (QED) is 0.593. The molecule has 0 radical (unpaired) electrons. The first-order chi connectivity index (χ1) is 5.63. The van der Waals surface area contributed by atoms with Gasteiger partial charge in [-0.25, -0.2) is 0 Å². The summed E-state index contributed by atoms with van der Waals surface area (Å²) in [5.41, 5.74) is 0. The highest BCUT2D eigenvalue weighted by molar-refractivity contribution is 4.69. The molecule has 0 aromatic heterocycles. The van der Waals surface area contributed by atoms with E-state index in [4.69, 9.17) is 0 Å². The van der Waals surface area contributed by atoms with Crippen LogP contribution in [0.3, 0.4) is 0 Å². The Morgan fingerprint density at radius 3 is 2.08 bits per heavy atom. The van der Waals surface area contributed by atoms with Gasteiger partial charge >= 0.3 is 0 Å². The predicted octanol–water partition coefficient (Wildman–Crippen LogP) is 3.15. The van der Waals surface area contributed by atoms with Crippen molar-refractivity contribution in [2.75, 3.05) is 13.6 Å². The minimum atomic E-state index is 0.741. The lowest BCUT2D eigenvalue weighted by molar-refractivity contribution is 0.192. The van der Waals surface area contributed by atoms with Crippen molar-refractivity contribution in [3.05, 3.63) is 0 Å². The molecule has 74 valence electrons. The van der Waals surface area contributed by atoms with Crippen molar-refractivity contribution >= 4 is 0 Å². The highest BCUT2D eigenvalue weighted by Gasteiger charge is 2.14. The van der Waals surface area contributed by atoms with E-state index in [0.717, 1.165) is 12.0 Å². The van der Waals surface area contributed by atoms with Gasteiger partial charge in [0.05, 0.1) is 0 Å². The summed E-state index contributed by atoms with van der Waals surface area (Å²) in [6.45, 7) is 10.4. The molecule has 0 aliphatic carbocycles. The van der Waals surface area contributed by atoms with Gasteiger partial charge in [-0.2, -0.15) is 0 Å². The van der Waals surface area contributed by atoms with Gasteiger partial charge in [-0.05, 0) is 39.3 Å². The largest absolute Gasteiger partial charge is 0.303 e. The smallest absolute Gasteiger partial charge is 0.00895 e. The fourth-order valence-corrected chi connectivity index (χ4v) is 1.69. The third-order valence-corrected chi connectivity index (χ3v) is 2.84. The van der Waals surface area contributed by atoms with Crippen LogP contribution in [0.1, 0.15) is 47.0 Å². The maximum absolute atomic E-state index is 2.47. The zero-order valence-electron chi connectivity index (χ0n) is 9.43. The van der Waals surface area contributed by atoms with Gasteiger partial charge in [-0.1, -0.05) is 27.2 Å². The van der Waals surface area contributed by atoms with Crippen molar-refractivity contribution in [1.82, 2.24) is 4.90 Å². The lowest BCUT2D eigenvalue weighted by Gasteiger charge is -2.29. The Morgan fingerprint density at radius 1 is 1.08 bits per heavy atom. The third kappa shape index (κ3) is 4.10. The number of nitrogens with zero attached hydrogens (tertiary/aromatic N) is 1. The van der Waals surface area contributed by atoms with Crippen molar-refractivity contribution in [1.29, 1.82) is 0 Å². The van der Waals surface area contributed by atoms with E-state index in [1.54, 1.807) is 0 Å². The standard InChI is InChI=1S/C11H25N/c1-6-8-10(3)11(4)12(5)9-7-2/h10-11H,6-9H2,1-5H3. The highest BCUT2D eigenvalue weighted by atomic mass is 15.1. The first-order valence-corrected chi connectivity index (χ1v) is 5.33. The second-order valence-electron chi connectivity index (χ2n) is 3.99. The molecule has 0 N–H and O–H groups in total. The monoisotopic (exact) mass is 171 g/mol. The summed E-state index contributed by atoms with van der Waals surface area (Å²) in [7, 11) is 2.24. The average molecular weight is 171 g/mol. The van der Waals surface area contributed by atoms with Crippen LogP contribution in [-0.2, 0) is 0 Å². The fraction of sp³-hybridized carbons (Fsp3) is 1.00. The van der Waals surface area contributed by atoms with E-state index in [2.05, 4.69) is 39.6 Å². The first kappa shape index (κ1) is 12.0. The van der Waals surface area contributed by atoms with Crippen molar-refractivity contribution in [3.63, 3.8) is 0 Å². The minimum Gasteiger partial charge on any atom is -0.303 e. The van der Waals surface area contributed by atoms with Gasteiger partial charge in [0.15, 0.2) is 0 Å². The fourth-order valence-electron chi connectivity index (χ4n) is 1.69. The van der Waals surface area contributed by atoms with Crippen LogP contribution < -0.4 is 0 Å². The molecule has 0 fully saturated rings. The van der Waals surface area contributed by atoms with E-state index in [-0.39, 0.29) is 0 Å². The van der Waals surface area contributed by atoms with E-state index in [0.29, 0.717) is 0 Å². The van der Waals surface area contributed by atoms with Crippen LogP contribution in [-0.4, -0.2) is 24.5 Å². The molecule has 1 heteroatoms. The van der Waals surface area contributed by atoms with Gasteiger partial charge < -0.3 is 4.90 Å². The van der Waals surface area contributed by atoms with Gasteiger partial charge in [0.1, 0.15) is 0 Å². The molecule has 0 bridgehead atoms. The Morgan fingerprint density at radius 2 is 1.67 bits per heavy atom. The summed E-state index contributed by atoms with van der Waals surface area (Å²) in [6.07, 6.45) is 3.93. The molecule has 0 aliphatic rings. The van der Waals surface area contributed by atoms with E-state index in [9.17, 15) is 0 Å². The molecular weight excluding hydrogens is 146 g/mol. The number of hydrogen-bond acceptors (Lipinski definition) is 1. The summed E-state index contributed by atoms with van der Waals surface area (Å²) in [5.74, 6) is 0.839. The van der Waals surface area contributed by atoms with Gasteiger partial charge in [0.25, 0.3) is 0 Å². The highest BCUT2D eigenvalue weighted by Crippen LogP contribution is 2.14. The van der Waals surface area contributed by atoms with Crippen LogP contribution in [0.2, 0.25) is 0 Å². The normalized spacial score (nSPS) is 16.5. The summed E-state index contributed by atoms with van der Waals surface area (Å²) >= 11 is 0. The lowest BCUT2D eigenvalue weighted by atomic mass is 9.97. The van der Waals surface area contributed by atoms with Gasteiger partial charge in [0.2, 0.25) is 0 Å². The zero-order valence-corrected chi connectivity index (χ0v) is 9.43. The molecule has 0 saturated heterocycles. The van der Waals surface area contributed by atoms with Gasteiger partial charge in [-0.15, -0.1) is 0 Å². The van der Waals surface area contributed by atoms with Crippen LogP contribution in [0.25, 0.3) is 0 Å². The topological polar surface area (TPSA) is 3.24 Å². The Bertz CT molecular complexity index is 89.2. The minimum absolute atomic E-state index is 0.741. The Hall–Kier alpha value is -0.0400. The molecule has 0 saturated carbocycles. The molecule has 0 spiro atoms. The zero-order chi connectivity index (χ0) is 9.56. The third-order valence-electron chi connectivity index (χ3n) is 2.84. The molecule has 0 amide bonds. The Balaban J connectivity index is 3.73. The molecule has 0 rings (SSSR count). The first-order valence-electron chi connectivity index (χ1n) is 5.33. The molecule has 0 aromatic carbocycles. The maximum atomic E-state index is 2.47. The van der Waals surface area contributed by atoms with Crippen molar-refractivity contribution in [2.24, 2.45) is 5.92 Å². The molecule has 0 aromatic rings. The van der Waals surface area contributed by atoms with Crippen molar-refractivity contribution < 1.29 is 0 Å². The predicted molar refractivity (Wildman–Crippen MR) is 56.5 cm³/mol. The maximum Gasteiger partial charge on any atom is 0.00895 e. The lowest BCUT2D eigenvalue weighted by Crippen LogP contribution is -2.34. The molecule has 12 heavy (non-hydrogen) atoms. The van der Waals surface area contributed by atoms with Crippen LogP contribution in [0.15, 0.2) is 0 Å². The van der Waals surface area contributed by atoms with E-state index < -0.39 is 0 Å². The van der Waals surface area contributed by atoms with Gasteiger partial charge in [-0.3, -0.25) is 0 Å². The van der Waals surface area contributed by atoms with E-state index >= 15 is 0 Å². The van der Waals surface area contributed by atoms with Crippen LogP contribution in [0.4, 0.5) is 0 Å². The molecule has 2 unspecified atom stereocenters. The molecule has 2 atom stereocenters. The molecule has 0 aliphatic heterocycles. The second kappa shape index (κ2) is 6.47. The van der Waals surface area contributed by atoms with Crippen LogP contribution in [0.5, 0.6) is 0 Å². The van der Waals surface area contributed by atoms with Crippen LogP contribution in [0, 0.1) is 5.92 Å². The Kier molecular flexibility index (Phi) is 6.45. The summed E-state index contributed by atoms with van der Waals surface area (Å²) in [5, 5.41) is 0.